The molecule has 2 heteroatoms. The minimum absolute atomic E-state index is 0.139. The summed E-state index contributed by atoms with van der Waals surface area (Å²) in [5.41, 5.74) is 2.06. The highest BCUT2D eigenvalue weighted by molar-refractivity contribution is 6.21. The van der Waals surface area contributed by atoms with E-state index in [0.717, 1.165) is 24.0 Å². The Morgan fingerprint density at radius 1 is 1.20 bits per heavy atom. The van der Waals surface area contributed by atoms with Gasteiger partial charge in [0.15, 0.2) is 0 Å². The molecule has 1 aliphatic carbocycles. The topological polar surface area (TPSA) is 0 Å². The van der Waals surface area contributed by atoms with Gasteiger partial charge >= 0.3 is 0 Å². The van der Waals surface area contributed by atoms with Gasteiger partial charge in [-0.3, -0.25) is 0 Å². The smallest absolute Gasteiger partial charge is 0.123 e. The second-order valence-electron chi connectivity index (χ2n) is 4.47. The Balaban J connectivity index is 2.27. The standard InChI is InChI=1S/C13H16ClF/c1-9-6-10(8-11(15)7-9)12-4-2-3-5-13(12)14/h6-8,12-13H,2-5H2,1H3. The van der Waals surface area contributed by atoms with Crippen LogP contribution in [0.2, 0.25) is 0 Å². The molecule has 1 aliphatic rings. The molecule has 0 nitrogen and oxygen atoms in total. The molecule has 0 heterocycles. The second-order valence-corrected chi connectivity index (χ2v) is 5.03. The summed E-state index contributed by atoms with van der Waals surface area (Å²) in [7, 11) is 0. The van der Waals surface area contributed by atoms with E-state index in [4.69, 9.17) is 11.6 Å². The molecule has 1 aromatic carbocycles. The number of rotatable bonds is 1. The van der Waals surface area contributed by atoms with Crippen molar-refractivity contribution in [2.45, 2.75) is 43.9 Å². The van der Waals surface area contributed by atoms with Gasteiger partial charge in [0.25, 0.3) is 0 Å². The lowest BCUT2D eigenvalue weighted by Crippen LogP contribution is -2.17. The van der Waals surface area contributed by atoms with Crippen LogP contribution in [0.3, 0.4) is 0 Å². The summed E-state index contributed by atoms with van der Waals surface area (Å²) in [4.78, 5) is 0. The maximum absolute atomic E-state index is 13.3. The van der Waals surface area contributed by atoms with Crippen molar-refractivity contribution in [2.75, 3.05) is 0 Å². The van der Waals surface area contributed by atoms with E-state index < -0.39 is 0 Å². The summed E-state index contributed by atoms with van der Waals surface area (Å²) < 4.78 is 13.3. The van der Waals surface area contributed by atoms with Gasteiger partial charge in [-0.25, -0.2) is 4.39 Å². The number of hydrogen-bond acceptors (Lipinski definition) is 0. The van der Waals surface area contributed by atoms with Crippen LogP contribution in [0.15, 0.2) is 18.2 Å². The van der Waals surface area contributed by atoms with Gasteiger partial charge in [-0.05, 0) is 43.0 Å². The van der Waals surface area contributed by atoms with Crippen molar-refractivity contribution in [3.05, 3.63) is 35.1 Å². The van der Waals surface area contributed by atoms with Crippen LogP contribution >= 0.6 is 11.6 Å². The van der Waals surface area contributed by atoms with Crippen molar-refractivity contribution in [3.63, 3.8) is 0 Å². The van der Waals surface area contributed by atoms with Crippen molar-refractivity contribution < 1.29 is 4.39 Å². The highest BCUT2D eigenvalue weighted by atomic mass is 35.5. The summed E-state index contributed by atoms with van der Waals surface area (Å²) in [6.45, 7) is 1.93. The monoisotopic (exact) mass is 226 g/mol. The molecule has 2 rings (SSSR count). The minimum atomic E-state index is -0.139. The quantitative estimate of drug-likeness (QED) is 0.623. The summed E-state index contributed by atoms with van der Waals surface area (Å²) in [6, 6.07) is 5.27. The summed E-state index contributed by atoms with van der Waals surface area (Å²) in [5, 5.41) is 0.181. The van der Waals surface area contributed by atoms with Crippen molar-refractivity contribution >= 4 is 11.6 Å². The Morgan fingerprint density at radius 3 is 2.60 bits per heavy atom. The molecule has 82 valence electrons. The van der Waals surface area contributed by atoms with Crippen LogP contribution in [0.5, 0.6) is 0 Å². The minimum Gasteiger partial charge on any atom is -0.207 e. The number of hydrogen-bond donors (Lipinski definition) is 0. The van der Waals surface area contributed by atoms with Gasteiger partial charge in [0.1, 0.15) is 5.82 Å². The van der Waals surface area contributed by atoms with Gasteiger partial charge in [0, 0.05) is 11.3 Å². The van der Waals surface area contributed by atoms with Crippen LogP contribution in [-0.2, 0) is 0 Å². The van der Waals surface area contributed by atoms with Crippen LogP contribution in [-0.4, -0.2) is 5.38 Å². The maximum Gasteiger partial charge on any atom is 0.123 e. The molecule has 0 N–H and O–H groups in total. The first-order valence-corrected chi connectivity index (χ1v) is 6.01. The molecule has 0 saturated heterocycles. The fraction of sp³-hybridized carbons (Fsp3) is 0.538. The van der Waals surface area contributed by atoms with E-state index in [9.17, 15) is 4.39 Å². The third kappa shape index (κ3) is 2.52. The lowest BCUT2D eigenvalue weighted by Gasteiger charge is -2.27. The van der Waals surface area contributed by atoms with Crippen LogP contribution in [0.25, 0.3) is 0 Å². The van der Waals surface area contributed by atoms with Crippen molar-refractivity contribution in [2.24, 2.45) is 0 Å². The Kier molecular flexibility index (Phi) is 3.30. The highest BCUT2D eigenvalue weighted by Crippen LogP contribution is 2.36. The number of benzene rings is 1. The molecule has 15 heavy (non-hydrogen) atoms. The molecule has 0 bridgehead atoms. The zero-order chi connectivity index (χ0) is 10.8. The Morgan fingerprint density at radius 2 is 1.93 bits per heavy atom. The van der Waals surface area contributed by atoms with E-state index in [2.05, 4.69) is 6.07 Å². The van der Waals surface area contributed by atoms with Crippen LogP contribution in [0, 0.1) is 12.7 Å². The zero-order valence-corrected chi connectivity index (χ0v) is 9.73. The van der Waals surface area contributed by atoms with Crippen LogP contribution in [0.1, 0.15) is 42.7 Å². The van der Waals surface area contributed by atoms with Gasteiger partial charge in [-0.15, -0.1) is 11.6 Å². The van der Waals surface area contributed by atoms with Gasteiger partial charge in [0.2, 0.25) is 0 Å². The molecular weight excluding hydrogens is 211 g/mol. The van der Waals surface area contributed by atoms with E-state index in [1.165, 1.54) is 12.8 Å². The predicted octanol–water partition coefficient (Wildman–Crippen LogP) is 4.40. The molecule has 1 saturated carbocycles. The first-order chi connectivity index (χ1) is 7.16. The van der Waals surface area contributed by atoms with E-state index in [1.54, 1.807) is 12.1 Å². The Labute approximate surface area is 95.4 Å². The number of halogens is 2. The van der Waals surface area contributed by atoms with Gasteiger partial charge in [0.05, 0.1) is 0 Å². The third-order valence-corrected chi connectivity index (χ3v) is 3.70. The first-order valence-electron chi connectivity index (χ1n) is 5.58. The SMILES string of the molecule is Cc1cc(F)cc(C2CCCCC2Cl)c1. The Bertz CT molecular complexity index is 328. The number of aryl methyl sites for hydroxylation is 1. The third-order valence-electron chi connectivity index (χ3n) is 3.17. The molecule has 2 unspecified atom stereocenters. The van der Waals surface area contributed by atoms with Crippen LogP contribution < -0.4 is 0 Å². The predicted molar refractivity (Wildman–Crippen MR) is 62.0 cm³/mol. The largest absolute Gasteiger partial charge is 0.207 e. The summed E-state index contributed by atoms with van der Waals surface area (Å²) in [6.07, 6.45) is 4.57. The van der Waals surface area contributed by atoms with Gasteiger partial charge in [-0.1, -0.05) is 18.9 Å². The summed E-state index contributed by atoms with van der Waals surface area (Å²) in [5.74, 6) is 0.203. The average molecular weight is 227 g/mol. The molecule has 1 aromatic rings. The van der Waals surface area contributed by atoms with E-state index in [-0.39, 0.29) is 11.2 Å². The lowest BCUT2D eigenvalue weighted by atomic mass is 9.83. The molecular formula is C13H16ClF. The van der Waals surface area contributed by atoms with E-state index in [0.29, 0.717) is 5.92 Å². The van der Waals surface area contributed by atoms with Gasteiger partial charge < -0.3 is 0 Å². The second kappa shape index (κ2) is 4.52. The van der Waals surface area contributed by atoms with E-state index >= 15 is 0 Å². The fourth-order valence-corrected chi connectivity index (χ4v) is 2.87. The zero-order valence-electron chi connectivity index (χ0n) is 8.97. The maximum atomic E-state index is 13.3. The Hall–Kier alpha value is -0.560. The first kappa shape index (κ1) is 10.9. The molecule has 0 aliphatic heterocycles. The average Bonchev–Trinajstić information content (AvgIpc) is 2.16. The van der Waals surface area contributed by atoms with E-state index in [1.807, 2.05) is 6.92 Å². The van der Waals surface area contributed by atoms with Crippen molar-refractivity contribution in [3.8, 4) is 0 Å². The normalized spacial score (nSPS) is 26.6. The number of alkyl halides is 1. The van der Waals surface area contributed by atoms with Crippen LogP contribution in [0.4, 0.5) is 4.39 Å². The van der Waals surface area contributed by atoms with Crippen molar-refractivity contribution in [1.29, 1.82) is 0 Å². The molecule has 0 radical (unpaired) electrons. The fourth-order valence-electron chi connectivity index (χ4n) is 2.44. The van der Waals surface area contributed by atoms with Gasteiger partial charge in [-0.2, -0.15) is 0 Å². The lowest BCUT2D eigenvalue weighted by molar-refractivity contribution is 0.449. The van der Waals surface area contributed by atoms with Crippen molar-refractivity contribution in [1.82, 2.24) is 0 Å². The molecule has 0 aromatic heterocycles. The molecule has 2 atom stereocenters. The molecule has 0 amide bonds. The molecule has 1 fully saturated rings. The molecule has 0 spiro atoms. The highest BCUT2D eigenvalue weighted by Gasteiger charge is 2.24. The summed E-state index contributed by atoms with van der Waals surface area (Å²) >= 11 is 6.30.